The number of anilines is 1. The van der Waals surface area contributed by atoms with Crippen molar-refractivity contribution in [3.63, 3.8) is 0 Å². The van der Waals surface area contributed by atoms with Gasteiger partial charge in [0.05, 0.1) is 19.0 Å². The summed E-state index contributed by atoms with van der Waals surface area (Å²) in [7, 11) is 0. The summed E-state index contributed by atoms with van der Waals surface area (Å²) in [5.41, 5.74) is 3.79. The van der Waals surface area contributed by atoms with Crippen LogP contribution in [0.4, 0.5) is 5.69 Å². The highest BCUT2D eigenvalue weighted by atomic mass is 16.2. The van der Waals surface area contributed by atoms with Crippen molar-refractivity contribution in [2.45, 2.75) is 25.9 Å². The minimum Gasteiger partial charge on any atom is -0.326 e. The Hall–Kier alpha value is -3.67. The fourth-order valence-electron chi connectivity index (χ4n) is 3.63. The quantitative estimate of drug-likeness (QED) is 0.725. The number of hydrogen-bond donors (Lipinski definition) is 1. The molecule has 2 amide bonds. The highest BCUT2D eigenvalue weighted by Crippen LogP contribution is 2.33. The van der Waals surface area contributed by atoms with Crippen LogP contribution < -0.4 is 5.32 Å². The molecule has 3 aromatic rings. The first-order valence-electron chi connectivity index (χ1n) is 9.52. The van der Waals surface area contributed by atoms with E-state index in [1.54, 1.807) is 17.3 Å². The maximum Gasteiger partial charge on any atom is 0.226 e. The molecule has 146 valence electrons. The molecule has 4 rings (SSSR count). The first kappa shape index (κ1) is 18.7. The van der Waals surface area contributed by atoms with Crippen molar-refractivity contribution in [2.75, 3.05) is 5.32 Å². The van der Waals surface area contributed by atoms with Crippen molar-refractivity contribution in [1.82, 2.24) is 14.7 Å². The van der Waals surface area contributed by atoms with E-state index in [9.17, 15) is 9.59 Å². The normalized spacial score (nSPS) is 15.1. The van der Waals surface area contributed by atoms with E-state index in [0.29, 0.717) is 6.54 Å². The summed E-state index contributed by atoms with van der Waals surface area (Å²) in [5, 5.41) is 7.18. The van der Waals surface area contributed by atoms with Crippen LogP contribution in [0.25, 0.3) is 6.08 Å². The van der Waals surface area contributed by atoms with Crippen molar-refractivity contribution in [2.24, 2.45) is 0 Å². The first-order chi connectivity index (χ1) is 14.1. The summed E-state index contributed by atoms with van der Waals surface area (Å²) in [6, 6.07) is 17.1. The zero-order valence-corrected chi connectivity index (χ0v) is 16.2. The van der Waals surface area contributed by atoms with Crippen LogP contribution >= 0.6 is 0 Å². The van der Waals surface area contributed by atoms with Crippen molar-refractivity contribution >= 4 is 23.6 Å². The van der Waals surface area contributed by atoms with E-state index in [0.717, 1.165) is 22.4 Å². The fraction of sp³-hybridized carbons (Fsp3) is 0.174. The molecule has 0 unspecified atom stereocenters. The number of carbonyl (C=O) groups excluding carboxylic acids is 2. The predicted octanol–water partition coefficient (Wildman–Crippen LogP) is 3.83. The van der Waals surface area contributed by atoms with Crippen LogP contribution in [0.5, 0.6) is 0 Å². The van der Waals surface area contributed by atoms with E-state index in [-0.39, 0.29) is 24.3 Å². The molecule has 6 heteroatoms. The largest absolute Gasteiger partial charge is 0.326 e. The minimum absolute atomic E-state index is 0.0882. The lowest BCUT2D eigenvalue weighted by Gasteiger charge is -2.32. The van der Waals surface area contributed by atoms with Crippen LogP contribution in [-0.4, -0.2) is 26.5 Å². The van der Waals surface area contributed by atoms with Gasteiger partial charge >= 0.3 is 0 Å². The Kier molecular flexibility index (Phi) is 5.24. The maximum atomic E-state index is 12.8. The lowest BCUT2D eigenvalue weighted by molar-refractivity contribution is -0.129. The van der Waals surface area contributed by atoms with Gasteiger partial charge in [0.2, 0.25) is 11.8 Å². The van der Waals surface area contributed by atoms with Gasteiger partial charge in [0.15, 0.2) is 0 Å². The van der Waals surface area contributed by atoms with E-state index >= 15 is 0 Å². The number of rotatable bonds is 5. The standard InChI is InChI=1S/C23H22N4O2/c1-17(28)27-13-10-19-7-2-3-9-21(19)22(27)15-23(29)25-20-8-4-6-18(14-20)16-26-12-5-11-24-26/h2-14,22H,15-16H2,1H3,(H,25,29)/t22-/m0/s1. The van der Waals surface area contributed by atoms with E-state index in [4.69, 9.17) is 0 Å². The van der Waals surface area contributed by atoms with Gasteiger partial charge in [-0.1, -0.05) is 36.4 Å². The van der Waals surface area contributed by atoms with Gasteiger partial charge < -0.3 is 10.2 Å². The summed E-state index contributed by atoms with van der Waals surface area (Å²) in [6.07, 6.45) is 7.49. The van der Waals surface area contributed by atoms with Crippen molar-refractivity contribution in [3.05, 3.63) is 89.9 Å². The van der Waals surface area contributed by atoms with Gasteiger partial charge in [0.1, 0.15) is 0 Å². The van der Waals surface area contributed by atoms with E-state index in [1.807, 2.05) is 71.6 Å². The summed E-state index contributed by atoms with van der Waals surface area (Å²) >= 11 is 0. The fourth-order valence-corrected chi connectivity index (χ4v) is 3.63. The minimum atomic E-state index is -0.319. The molecular formula is C23H22N4O2. The Bertz CT molecular complexity index is 1060. The SMILES string of the molecule is CC(=O)N1C=Cc2ccccc2[C@@H]1CC(=O)Nc1cccc(Cn2cccn2)c1. The van der Waals surface area contributed by atoms with Gasteiger partial charge in [-0.2, -0.15) is 5.10 Å². The molecule has 0 spiro atoms. The van der Waals surface area contributed by atoms with Gasteiger partial charge in [-0.15, -0.1) is 0 Å². The van der Waals surface area contributed by atoms with Gasteiger partial charge in [-0.25, -0.2) is 0 Å². The van der Waals surface area contributed by atoms with Crippen LogP contribution in [0.2, 0.25) is 0 Å². The number of hydrogen-bond acceptors (Lipinski definition) is 3. The Morgan fingerprint density at radius 1 is 1.10 bits per heavy atom. The number of benzene rings is 2. The maximum absolute atomic E-state index is 12.8. The van der Waals surface area contributed by atoms with Crippen LogP contribution in [0, 0.1) is 0 Å². The molecule has 0 radical (unpaired) electrons. The number of aromatic nitrogens is 2. The summed E-state index contributed by atoms with van der Waals surface area (Å²) in [6.45, 7) is 2.15. The van der Waals surface area contributed by atoms with Crippen molar-refractivity contribution in [1.29, 1.82) is 0 Å². The zero-order chi connectivity index (χ0) is 20.2. The van der Waals surface area contributed by atoms with Crippen LogP contribution in [-0.2, 0) is 16.1 Å². The average Bonchev–Trinajstić information content (AvgIpc) is 3.21. The second-order valence-electron chi connectivity index (χ2n) is 7.04. The zero-order valence-electron chi connectivity index (χ0n) is 16.2. The van der Waals surface area contributed by atoms with Crippen LogP contribution in [0.3, 0.4) is 0 Å². The molecule has 0 aliphatic carbocycles. The molecule has 0 fully saturated rings. The number of nitrogens with zero attached hydrogens (tertiary/aromatic N) is 3. The molecule has 1 aromatic heterocycles. The molecule has 2 heterocycles. The van der Waals surface area contributed by atoms with Gasteiger partial charge in [0, 0.05) is 31.2 Å². The highest BCUT2D eigenvalue weighted by Gasteiger charge is 2.28. The third-order valence-corrected chi connectivity index (χ3v) is 4.96. The number of nitrogens with one attached hydrogen (secondary N) is 1. The molecule has 0 bridgehead atoms. The Morgan fingerprint density at radius 2 is 1.97 bits per heavy atom. The molecule has 2 aromatic carbocycles. The van der Waals surface area contributed by atoms with Gasteiger partial charge in [-0.3, -0.25) is 14.3 Å². The molecule has 1 atom stereocenters. The molecule has 1 aliphatic heterocycles. The third-order valence-electron chi connectivity index (χ3n) is 4.96. The molecule has 1 N–H and O–H groups in total. The smallest absolute Gasteiger partial charge is 0.226 e. The molecule has 0 saturated carbocycles. The topological polar surface area (TPSA) is 67.2 Å². The lowest BCUT2D eigenvalue weighted by atomic mass is 9.93. The second kappa shape index (κ2) is 8.14. The van der Waals surface area contributed by atoms with Crippen LogP contribution in [0.15, 0.2) is 73.2 Å². The number of amides is 2. The average molecular weight is 386 g/mol. The summed E-state index contributed by atoms with van der Waals surface area (Å²) in [4.78, 5) is 26.5. The monoisotopic (exact) mass is 386 g/mol. The Balaban J connectivity index is 1.49. The molecular weight excluding hydrogens is 364 g/mol. The van der Waals surface area contributed by atoms with E-state index in [1.165, 1.54) is 6.92 Å². The highest BCUT2D eigenvalue weighted by molar-refractivity contribution is 5.92. The third kappa shape index (κ3) is 4.27. The number of fused-ring (bicyclic) bond motifs is 1. The Labute approximate surface area is 169 Å². The molecule has 6 nitrogen and oxygen atoms in total. The second-order valence-corrected chi connectivity index (χ2v) is 7.04. The van der Waals surface area contributed by atoms with Gasteiger partial charge in [0.25, 0.3) is 0 Å². The first-order valence-corrected chi connectivity index (χ1v) is 9.52. The Morgan fingerprint density at radius 3 is 2.76 bits per heavy atom. The summed E-state index contributed by atoms with van der Waals surface area (Å²) in [5.74, 6) is -0.225. The van der Waals surface area contributed by atoms with Gasteiger partial charge in [-0.05, 0) is 41.0 Å². The van der Waals surface area contributed by atoms with Crippen molar-refractivity contribution < 1.29 is 9.59 Å². The lowest BCUT2D eigenvalue weighted by Crippen LogP contribution is -2.33. The number of carbonyl (C=O) groups is 2. The van der Waals surface area contributed by atoms with E-state index < -0.39 is 0 Å². The summed E-state index contributed by atoms with van der Waals surface area (Å²) < 4.78 is 1.83. The molecule has 1 aliphatic rings. The molecule has 0 saturated heterocycles. The van der Waals surface area contributed by atoms with Crippen molar-refractivity contribution in [3.8, 4) is 0 Å². The van der Waals surface area contributed by atoms with Crippen LogP contribution in [0.1, 0.15) is 36.1 Å². The predicted molar refractivity (Wildman–Crippen MR) is 112 cm³/mol. The van der Waals surface area contributed by atoms with E-state index in [2.05, 4.69) is 10.4 Å². The molecule has 29 heavy (non-hydrogen) atoms.